The number of imide groups is 1. The van der Waals surface area contributed by atoms with Crippen LogP contribution < -0.4 is 19.8 Å². The Balaban J connectivity index is 1.14. The molecule has 8 rings (SSSR count). The van der Waals surface area contributed by atoms with Gasteiger partial charge in [0.05, 0.1) is 22.5 Å². The SMILES string of the molecule is O=C(COc1ccc(Br)cc1[C@@H]1c2sc(=O)[nH]c2S[C@@H]2[C@@H]3C[C@@H]([C@@H]4C(=O)N(c5ccc(F)cc5)C(=O)[C@@H]34)[C@H]12)Nc1ccc(F)cc1. The predicted molar refractivity (Wildman–Crippen MR) is 172 cm³/mol. The number of nitrogens with one attached hydrogen (secondary N) is 2. The highest BCUT2D eigenvalue weighted by molar-refractivity contribution is 9.10. The first-order valence-corrected chi connectivity index (χ1v) is 17.2. The summed E-state index contributed by atoms with van der Waals surface area (Å²) < 4.78 is 33.9. The standard InChI is InChI=1S/C33H24BrF2N3O5S2/c34-14-1-10-22(44-13-23(40)37-17-6-2-15(35)3-7-17)19(11-14)24-25-20-12-21(28(25)45-30-29(24)46-33(43)38-30)27-26(20)31(41)39(32(27)42)18-8-4-16(36)5-9-18/h1-11,20-21,24-28H,12-13H2,(H,37,40)(H,38,43)/t20-,21-,24+,25-,26+,27+,28-/m1/s1. The summed E-state index contributed by atoms with van der Waals surface area (Å²) >= 11 is 6.28. The Morgan fingerprint density at radius 2 is 1.63 bits per heavy atom. The summed E-state index contributed by atoms with van der Waals surface area (Å²) in [6.45, 7) is -0.311. The summed E-state index contributed by atoms with van der Waals surface area (Å²) in [6.07, 6.45) is 0.701. The van der Waals surface area contributed by atoms with Crippen molar-refractivity contribution in [3.05, 3.63) is 103 Å². The minimum Gasteiger partial charge on any atom is -0.483 e. The van der Waals surface area contributed by atoms with Gasteiger partial charge in [0.25, 0.3) is 5.91 Å². The van der Waals surface area contributed by atoms with Gasteiger partial charge in [0.1, 0.15) is 17.4 Å². The van der Waals surface area contributed by atoms with Gasteiger partial charge in [-0.25, -0.2) is 8.78 Å². The quantitative estimate of drug-likeness (QED) is 0.231. The summed E-state index contributed by atoms with van der Waals surface area (Å²) in [4.78, 5) is 58.1. The molecule has 3 amide bonds. The maximum atomic E-state index is 14.0. The Labute approximate surface area is 277 Å². The molecule has 3 fully saturated rings. The fourth-order valence-electron chi connectivity index (χ4n) is 7.98. The van der Waals surface area contributed by atoms with Gasteiger partial charge >= 0.3 is 4.87 Å². The molecule has 0 radical (unpaired) electrons. The lowest BCUT2D eigenvalue weighted by atomic mass is 9.68. The molecule has 1 saturated heterocycles. The highest BCUT2D eigenvalue weighted by Crippen LogP contribution is 2.69. The van der Waals surface area contributed by atoms with Crippen LogP contribution in [0.25, 0.3) is 0 Å². The number of halogens is 3. The molecular weight excluding hydrogens is 700 g/mol. The van der Waals surface area contributed by atoms with Gasteiger partial charge in [-0.1, -0.05) is 27.3 Å². The molecule has 234 valence electrons. The second kappa shape index (κ2) is 11.2. The Bertz CT molecular complexity index is 1970. The summed E-state index contributed by atoms with van der Waals surface area (Å²) in [7, 11) is 0. The Hall–Kier alpha value is -3.81. The van der Waals surface area contributed by atoms with Crippen molar-refractivity contribution in [2.45, 2.75) is 22.6 Å². The fourth-order valence-corrected chi connectivity index (χ4v) is 11.2. The van der Waals surface area contributed by atoms with Gasteiger partial charge in [-0.05, 0) is 90.9 Å². The number of thiazole rings is 1. The number of aromatic nitrogens is 1. The van der Waals surface area contributed by atoms with E-state index < -0.39 is 29.4 Å². The molecule has 3 heterocycles. The van der Waals surface area contributed by atoms with E-state index in [9.17, 15) is 28.0 Å². The monoisotopic (exact) mass is 723 g/mol. The lowest BCUT2D eigenvalue weighted by Gasteiger charge is -2.43. The molecule has 2 bridgehead atoms. The van der Waals surface area contributed by atoms with Crippen molar-refractivity contribution in [1.29, 1.82) is 0 Å². The van der Waals surface area contributed by atoms with Gasteiger partial charge < -0.3 is 15.0 Å². The average Bonchev–Trinajstić information content (AvgIpc) is 3.77. The van der Waals surface area contributed by atoms with Crippen LogP contribution in [0.4, 0.5) is 20.2 Å². The van der Waals surface area contributed by atoms with E-state index >= 15 is 0 Å². The highest BCUT2D eigenvalue weighted by Gasteiger charge is 2.69. The normalized spacial score (nSPS) is 27.4. The van der Waals surface area contributed by atoms with E-state index in [4.69, 9.17) is 4.74 Å². The van der Waals surface area contributed by atoms with E-state index in [1.54, 1.807) is 17.8 Å². The molecule has 1 aromatic heterocycles. The maximum absolute atomic E-state index is 14.0. The van der Waals surface area contributed by atoms with Crippen LogP contribution >= 0.6 is 39.0 Å². The largest absolute Gasteiger partial charge is 0.483 e. The average molecular weight is 725 g/mol. The van der Waals surface area contributed by atoms with Gasteiger partial charge in [0, 0.05) is 31.8 Å². The topological polar surface area (TPSA) is 109 Å². The highest BCUT2D eigenvalue weighted by atomic mass is 79.9. The molecule has 2 aliphatic heterocycles. The first-order chi connectivity index (χ1) is 22.2. The molecule has 8 nitrogen and oxygen atoms in total. The first kappa shape index (κ1) is 29.6. The molecule has 2 aliphatic carbocycles. The molecule has 13 heteroatoms. The first-order valence-electron chi connectivity index (χ1n) is 14.7. The van der Waals surface area contributed by atoms with E-state index in [1.165, 1.54) is 53.4 Å². The number of thioether (sulfide) groups is 1. The number of hydrogen-bond donors (Lipinski definition) is 2. The molecule has 4 aromatic rings. The van der Waals surface area contributed by atoms with E-state index in [2.05, 4.69) is 26.2 Å². The second-order valence-corrected chi connectivity index (χ2v) is 15.1. The van der Waals surface area contributed by atoms with Crippen LogP contribution in [-0.4, -0.2) is 34.6 Å². The van der Waals surface area contributed by atoms with Crippen LogP contribution in [0.1, 0.15) is 22.8 Å². The van der Waals surface area contributed by atoms with Crippen molar-refractivity contribution in [3.8, 4) is 5.75 Å². The lowest BCUT2D eigenvalue weighted by Crippen LogP contribution is -2.42. The van der Waals surface area contributed by atoms with Crippen molar-refractivity contribution < 1.29 is 27.9 Å². The third-order valence-electron chi connectivity index (χ3n) is 9.60. The Morgan fingerprint density at radius 1 is 0.957 bits per heavy atom. The molecule has 2 N–H and O–H groups in total. The summed E-state index contributed by atoms with van der Waals surface area (Å²) in [6, 6.07) is 16.3. The minimum absolute atomic E-state index is 0.0486. The number of aromatic amines is 1. The van der Waals surface area contributed by atoms with Gasteiger partial charge in [-0.3, -0.25) is 24.1 Å². The van der Waals surface area contributed by atoms with Crippen molar-refractivity contribution in [1.82, 2.24) is 4.98 Å². The molecule has 0 unspecified atom stereocenters. The van der Waals surface area contributed by atoms with Crippen LogP contribution in [0.5, 0.6) is 5.75 Å². The van der Waals surface area contributed by atoms with Crippen molar-refractivity contribution in [3.63, 3.8) is 0 Å². The number of carbonyl (C=O) groups excluding carboxylic acids is 3. The zero-order valence-electron chi connectivity index (χ0n) is 23.7. The lowest BCUT2D eigenvalue weighted by molar-refractivity contribution is -0.123. The van der Waals surface area contributed by atoms with Crippen LogP contribution in [0.15, 0.2) is 81.0 Å². The number of benzene rings is 3. The molecule has 0 spiro atoms. The molecular formula is C33H24BrF2N3O5S2. The third kappa shape index (κ3) is 4.73. The number of hydrogen-bond acceptors (Lipinski definition) is 7. The van der Waals surface area contributed by atoms with Crippen LogP contribution in [0, 0.1) is 41.2 Å². The zero-order valence-corrected chi connectivity index (χ0v) is 27.0. The smallest absolute Gasteiger partial charge is 0.305 e. The fraction of sp³-hybridized carbons (Fsp3) is 0.273. The summed E-state index contributed by atoms with van der Waals surface area (Å²) in [5, 5.41) is 3.40. The third-order valence-corrected chi connectivity index (χ3v) is 12.7. The van der Waals surface area contributed by atoms with E-state index in [0.29, 0.717) is 23.5 Å². The molecule has 4 aliphatic rings. The zero-order chi connectivity index (χ0) is 31.9. The van der Waals surface area contributed by atoms with E-state index in [-0.39, 0.29) is 52.2 Å². The number of rotatable bonds is 6. The molecule has 3 aromatic carbocycles. The van der Waals surface area contributed by atoms with Crippen molar-refractivity contribution in [2.24, 2.45) is 29.6 Å². The Morgan fingerprint density at radius 3 is 2.35 bits per heavy atom. The van der Waals surface area contributed by atoms with Crippen LogP contribution in [-0.2, 0) is 14.4 Å². The predicted octanol–water partition coefficient (Wildman–Crippen LogP) is 6.17. The summed E-state index contributed by atoms with van der Waals surface area (Å²) in [5.41, 5.74) is 1.57. The number of amides is 3. The number of H-pyrrole nitrogens is 1. The molecule has 7 atom stereocenters. The number of fused-ring (bicyclic) bond motifs is 9. The molecule has 2 saturated carbocycles. The minimum atomic E-state index is -0.526. The molecule has 46 heavy (non-hydrogen) atoms. The van der Waals surface area contributed by atoms with Crippen molar-refractivity contribution >= 4 is 68.1 Å². The van der Waals surface area contributed by atoms with Gasteiger partial charge in [0.2, 0.25) is 11.8 Å². The number of anilines is 2. The van der Waals surface area contributed by atoms with Gasteiger partial charge in [0.15, 0.2) is 6.61 Å². The van der Waals surface area contributed by atoms with Gasteiger partial charge in [-0.15, -0.1) is 11.8 Å². The number of carbonyl (C=O) groups is 3. The van der Waals surface area contributed by atoms with E-state index in [1.807, 2.05) is 12.1 Å². The van der Waals surface area contributed by atoms with Crippen molar-refractivity contribution in [2.75, 3.05) is 16.8 Å². The van der Waals surface area contributed by atoms with Crippen LogP contribution in [0.3, 0.4) is 0 Å². The van der Waals surface area contributed by atoms with Crippen LogP contribution in [0.2, 0.25) is 0 Å². The second-order valence-electron chi connectivity index (χ2n) is 12.0. The number of nitrogens with zero attached hydrogens (tertiary/aromatic N) is 1. The summed E-state index contributed by atoms with van der Waals surface area (Å²) in [5.74, 6) is -3.04. The van der Waals surface area contributed by atoms with Gasteiger partial charge in [-0.2, -0.15) is 0 Å². The maximum Gasteiger partial charge on any atom is 0.305 e. The Kier molecular flexibility index (Phi) is 7.18. The number of ether oxygens (including phenoxy) is 1. The van der Waals surface area contributed by atoms with E-state index in [0.717, 1.165) is 31.3 Å².